The van der Waals surface area contributed by atoms with Gasteiger partial charge < -0.3 is 0 Å². The molecule has 130 valence electrons. The van der Waals surface area contributed by atoms with E-state index >= 15 is 0 Å². The molecule has 0 spiro atoms. The molecule has 1 heterocycles. The van der Waals surface area contributed by atoms with E-state index in [1.807, 2.05) is 11.3 Å². The quantitative estimate of drug-likeness (QED) is 0.267. The summed E-state index contributed by atoms with van der Waals surface area (Å²) >= 11 is 1.89. The van der Waals surface area contributed by atoms with Crippen molar-refractivity contribution in [1.82, 2.24) is 0 Å². The second-order valence-electron chi connectivity index (χ2n) is 7.62. The van der Waals surface area contributed by atoms with Gasteiger partial charge in [0, 0.05) is 9.58 Å². The predicted octanol–water partition coefficient (Wildman–Crippen LogP) is 7.75. The Hall–Kier alpha value is -2.64. The molecule has 0 unspecified atom stereocenters. The second kappa shape index (κ2) is 5.94. The molecule has 0 radical (unpaired) electrons. The maximum atomic E-state index is 2.38. The highest BCUT2D eigenvalue weighted by molar-refractivity contribution is 7.22. The van der Waals surface area contributed by atoms with Crippen LogP contribution in [0.3, 0.4) is 0 Å². The normalized spacial score (nSPS) is 14.1. The lowest BCUT2D eigenvalue weighted by Gasteiger charge is -2.19. The average molecular weight is 365 g/mol. The van der Waals surface area contributed by atoms with Crippen LogP contribution < -0.4 is 0 Å². The summed E-state index contributed by atoms with van der Waals surface area (Å²) in [4.78, 5) is 1.36. The fraction of sp³-hybridized carbons (Fsp3) is 0.154. The molecule has 0 saturated carbocycles. The third kappa shape index (κ3) is 2.35. The van der Waals surface area contributed by atoms with Crippen molar-refractivity contribution in [2.45, 2.75) is 25.7 Å². The zero-order valence-electron chi connectivity index (χ0n) is 15.2. The first kappa shape index (κ1) is 15.4. The Kier molecular flexibility index (Phi) is 3.39. The third-order valence-corrected chi connectivity index (χ3v) is 7.23. The first-order valence-electron chi connectivity index (χ1n) is 9.84. The number of thiophene rings is 1. The van der Waals surface area contributed by atoms with Crippen molar-refractivity contribution in [3.8, 4) is 10.4 Å². The standard InChI is InChI=1S/C26H20S/c1-3-8-19-17(6-1)12-13-22-20-9-5-10-24(23(20)15-14-21(19)22)26-16-18-7-2-4-11-25(18)27-26/h2,4-5,7,9-16H,1,3,6,8H2. The monoisotopic (exact) mass is 364 g/mol. The van der Waals surface area contributed by atoms with E-state index in [4.69, 9.17) is 0 Å². The van der Waals surface area contributed by atoms with E-state index in [2.05, 4.69) is 72.8 Å². The molecule has 5 aromatic rings. The lowest BCUT2D eigenvalue weighted by atomic mass is 9.86. The summed E-state index contributed by atoms with van der Waals surface area (Å²) < 4.78 is 1.36. The van der Waals surface area contributed by atoms with Crippen LogP contribution >= 0.6 is 11.3 Å². The number of rotatable bonds is 1. The van der Waals surface area contributed by atoms with Gasteiger partial charge in [-0.3, -0.25) is 0 Å². The van der Waals surface area contributed by atoms with Crippen LogP contribution in [-0.2, 0) is 12.8 Å². The van der Waals surface area contributed by atoms with Gasteiger partial charge in [0.05, 0.1) is 0 Å². The molecule has 0 N–H and O–H groups in total. The SMILES string of the molecule is c1ccc2sc(-c3cccc4c3ccc3c5c(ccc34)CCCC5)cc2c1. The van der Waals surface area contributed by atoms with Gasteiger partial charge in [-0.1, -0.05) is 60.7 Å². The van der Waals surface area contributed by atoms with Crippen molar-refractivity contribution < 1.29 is 0 Å². The van der Waals surface area contributed by atoms with E-state index in [-0.39, 0.29) is 0 Å². The summed E-state index contributed by atoms with van der Waals surface area (Å²) in [5.74, 6) is 0. The van der Waals surface area contributed by atoms with E-state index in [1.54, 1.807) is 11.1 Å². The molecule has 1 aromatic heterocycles. The number of fused-ring (bicyclic) bond motifs is 6. The molecule has 0 fully saturated rings. The molecule has 0 saturated heterocycles. The molecule has 0 bridgehead atoms. The smallest absolute Gasteiger partial charge is 0.0361 e. The summed E-state index contributed by atoms with van der Waals surface area (Å²) in [6.45, 7) is 0. The van der Waals surface area contributed by atoms with Gasteiger partial charge in [0.25, 0.3) is 0 Å². The van der Waals surface area contributed by atoms with Crippen LogP contribution in [0.1, 0.15) is 24.0 Å². The minimum absolute atomic E-state index is 1.23. The van der Waals surface area contributed by atoms with Gasteiger partial charge in [0.15, 0.2) is 0 Å². The van der Waals surface area contributed by atoms with Crippen LogP contribution in [0, 0.1) is 0 Å². The van der Waals surface area contributed by atoms with Crippen molar-refractivity contribution in [3.05, 3.63) is 83.9 Å². The van der Waals surface area contributed by atoms with Gasteiger partial charge in [-0.25, -0.2) is 0 Å². The summed E-state index contributed by atoms with van der Waals surface area (Å²) in [6, 6.07) is 27.3. The van der Waals surface area contributed by atoms with Gasteiger partial charge in [-0.2, -0.15) is 0 Å². The molecule has 1 heteroatoms. The lowest BCUT2D eigenvalue weighted by molar-refractivity contribution is 0.690. The highest BCUT2D eigenvalue weighted by atomic mass is 32.1. The minimum Gasteiger partial charge on any atom is -0.135 e. The zero-order valence-corrected chi connectivity index (χ0v) is 16.0. The van der Waals surface area contributed by atoms with Gasteiger partial charge in [0.2, 0.25) is 0 Å². The minimum atomic E-state index is 1.23. The van der Waals surface area contributed by atoms with Crippen molar-refractivity contribution >= 4 is 43.0 Å². The van der Waals surface area contributed by atoms with Gasteiger partial charge in [-0.15, -0.1) is 11.3 Å². The molecule has 4 aromatic carbocycles. The van der Waals surface area contributed by atoms with Gasteiger partial charge in [0.1, 0.15) is 0 Å². The van der Waals surface area contributed by atoms with Crippen molar-refractivity contribution in [2.24, 2.45) is 0 Å². The second-order valence-corrected chi connectivity index (χ2v) is 8.70. The van der Waals surface area contributed by atoms with E-state index in [0.717, 1.165) is 0 Å². The van der Waals surface area contributed by atoms with E-state index in [0.29, 0.717) is 0 Å². The predicted molar refractivity (Wildman–Crippen MR) is 119 cm³/mol. The van der Waals surface area contributed by atoms with Crippen molar-refractivity contribution in [3.63, 3.8) is 0 Å². The van der Waals surface area contributed by atoms with Crippen molar-refractivity contribution in [1.29, 1.82) is 0 Å². The highest BCUT2D eigenvalue weighted by Gasteiger charge is 2.15. The average Bonchev–Trinajstić information content (AvgIpc) is 3.17. The maximum absolute atomic E-state index is 2.38. The fourth-order valence-electron chi connectivity index (χ4n) is 4.76. The Morgan fingerprint density at radius 3 is 2.41 bits per heavy atom. The lowest BCUT2D eigenvalue weighted by Crippen LogP contribution is -2.03. The van der Waals surface area contributed by atoms with Crippen LogP contribution in [0.5, 0.6) is 0 Å². The summed E-state index contributed by atoms with van der Waals surface area (Å²) in [5, 5.41) is 6.97. The largest absolute Gasteiger partial charge is 0.135 e. The number of hydrogen-bond donors (Lipinski definition) is 0. The zero-order chi connectivity index (χ0) is 17.8. The van der Waals surface area contributed by atoms with E-state index in [1.165, 1.54) is 67.8 Å². The van der Waals surface area contributed by atoms with E-state index in [9.17, 15) is 0 Å². The molecule has 6 rings (SSSR count). The number of aryl methyl sites for hydroxylation is 2. The number of benzene rings is 4. The molecule has 1 aliphatic rings. The Morgan fingerprint density at radius 2 is 1.44 bits per heavy atom. The molecule has 0 nitrogen and oxygen atoms in total. The van der Waals surface area contributed by atoms with Crippen LogP contribution in [0.2, 0.25) is 0 Å². The summed E-state index contributed by atoms with van der Waals surface area (Å²) in [5.41, 5.74) is 4.51. The molecular weight excluding hydrogens is 344 g/mol. The fourth-order valence-corrected chi connectivity index (χ4v) is 5.86. The molecular formula is C26H20S. The van der Waals surface area contributed by atoms with Crippen LogP contribution in [0.25, 0.3) is 42.1 Å². The van der Waals surface area contributed by atoms with E-state index < -0.39 is 0 Å². The summed E-state index contributed by atoms with van der Waals surface area (Å²) in [7, 11) is 0. The molecule has 0 atom stereocenters. The Balaban J connectivity index is 1.64. The third-order valence-electron chi connectivity index (χ3n) is 6.08. The Labute approximate surface area is 163 Å². The van der Waals surface area contributed by atoms with Crippen LogP contribution in [-0.4, -0.2) is 0 Å². The van der Waals surface area contributed by atoms with Gasteiger partial charge >= 0.3 is 0 Å². The first-order chi connectivity index (χ1) is 13.4. The molecule has 0 amide bonds. The summed E-state index contributed by atoms with van der Waals surface area (Å²) in [6.07, 6.45) is 5.13. The molecule has 27 heavy (non-hydrogen) atoms. The Morgan fingerprint density at radius 1 is 0.630 bits per heavy atom. The van der Waals surface area contributed by atoms with Crippen molar-refractivity contribution in [2.75, 3.05) is 0 Å². The maximum Gasteiger partial charge on any atom is 0.0361 e. The molecule has 1 aliphatic carbocycles. The number of hydrogen-bond acceptors (Lipinski definition) is 1. The van der Waals surface area contributed by atoms with Crippen LogP contribution in [0.15, 0.2) is 72.8 Å². The molecule has 0 aliphatic heterocycles. The highest BCUT2D eigenvalue weighted by Crippen LogP contribution is 2.40. The topological polar surface area (TPSA) is 0 Å². The van der Waals surface area contributed by atoms with Gasteiger partial charge in [-0.05, 0) is 81.4 Å². The first-order valence-corrected chi connectivity index (χ1v) is 10.7. The Bertz CT molecular complexity index is 1290. The van der Waals surface area contributed by atoms with Crippen LogP contribution in [0.4, 0.5) is 0 Å².